The summed E-state index contributed by atoms with van der Waals surface area (Å²) in [4.78, 5) is 8.75. The monoisotopic (exact) mass is 260 g/mol. The molecule has 0 atom stereocenters. The topological polar surface area (TPSA) is 63.8 Å². The van der Waals surface area contributed by atoms with Crippen LogP contribution < -0.4 is 11.3 Å². The molecule has 0 saturated heterocycles. The van der Waals surface area contributed by atoms with E-state index >= 15 is 0 Å². The highest BCUT2D eigenvalue weighted by Crippen LogP contribution is 2.25. The first-order valence-corrected chi connectivity index (χ1v) is 6.02. The number of anilines is 1. The van der Waals surface area contributed by atoms with E-state index in [1.54, 1.807) is 18.2 Å². The average Bonchev–Trinajstić information content (AvgIpc) is 2.37. The lowest BCUT2D eigenvalue weighted by molar-refractivity contribution is 0.568. The molecule has 3 N–H and O–H groups in total. The summed E-state index contributed by atoms with van der Waals surface area (Å²) in [5.74, 6) is 6.08. The maximum Gasteiger partial charge on any atom is 0.161 e. The molecule has 19 heavy (non-hydrogen) atoms. The molecule has 1 aromatic carbocycles. The van der Waals surface area contributed by atoms with E-state index < -0.39 is 0 Å². The van der Waals surface area contributed by atoms with Gasteiger partial charge in [-0.05, 0) is 12.1 Å². The third-order valence-electron chi connectivity index (χ3n) is 2.73. The average molecular weight is 260 g/mol. The summed E-state index contributed by atoms with van der Waals surface area (Å²) in [6, 6.07) is 7.99. The van der Waals surface area contributed by atoms with E-state index in [1.807, 2.05) is 20.8 Å². The van der Waals surface area contributed by atoms with E-state index in [0.29, 0.717) is 17.2 Å². The van der Waals surface area contributed by atoms with Crippen LogP contribution in [0.1, 0.15) is 26.5 Å². The van der Waals surface area contributed by atoms with Gasteiger partial charge in [-0.2, -0.15) is 0 Å². The summed E-state index contributed by atoms with van der Waals surface area (Å²) in [6.07, 6.45) is 0. The molecule has 0 unspecified atom stereocenters. The molecule has 0 fully saturated rings. The van der Waals surface area contributed by atoms with Gasteiger partial charge in [0.2, 0.25) is 0 Å². The van der Waals surface area contributed by atoms with Crippen LogP contribution in [0.15, 0.2) is 30.3 Å². The Hall–Kier alpha value is -2.01. The minimum absolute atomic E-state index is 0.142. The Morgan fingerprint density at radius 1 is 1.16 bits per heavy atom. The molecule has 0 aliphatic rings. The number of hydrazine groups is 1. The Labute approximate surface area is 111 Å². The molecule has 0 aliphatic carbocycles. The molecule has 1 aromatic heterocycles. The van der Waals surface area contributed by atoms with Gasteiger partial charge in [-0.25, -0.2) is 20.2 Å². The predicted molar refractivity (Wildman–Crippen MR) is 73.9 cm³/mol. The van der Waals surface area contributed by atoms with Gasteiger partial charge in [0, 0.05) is 17.0 Å². The van der Waals surface area contributed by atoms with Crippen LogP contribution in [0.3, 0.4) is 0 Å². The second-order valence-corrected chi connectivity index (χ2v) is 5.37. The number of nitrogens with one attached hydrogen (secondary N) is 1. The minimum atomic E-state index is -0.315. The highest BCUT2D eigenvalue weighted by molar-refractivity contribution is 5.57. The molecule has 1 heterocycles. The molecule has 0 amide bonds. The van der Waals surface area contributed by atoms with Crippen LogP contribution in [0.25, 0.3) is 11.4 Å². The molecule has 5 heteroatoms. The molecule has 4 nitrogen and oxygen atoms in total. The van der Waals surface area contributed by atoms with Crippen molar-refractivity contribution in [2.75, 3.05) is 5.43 Å². The number of rotatable bonds is 2. The van der Waals surface area contributed by atoms with Crippen molar-refractivity contribution in [3.8, 4) is 11.4 Å². The number of benzene rings is 1. The van der Waals surface area contributed by atoms with Crippen LogP contribution in [0.2, 0.25) is 0 Å². The molecule has 0 saturated carbocycles. The molecule has 0 bridgehead atoms. The lowest BCUT2D eigenvalue weighted by atomic mass is 9.92. The minimum Gasteiger partial charge on any atom is -0.308 e. The summed E-state index contributed by atoms with van der Waals surface area (Å²) in [5.41, 5.74) is 3.85. The number of hydrogen-bond donors (Lipinski definition) is 2. The van der Waals surface area contributed by atoms with Crippen molar-refractivity contribution in [1.82, 2.24) is 9.97 Å². The maximum atomic E-state index is 13.3. The molecule has 2 rings (SSSR count). The van der Waals surface area contributed by atoms with Crippen LogP contribution in [-0.2, 0) is 5.41 Å². The van der Waals surface area contributed by atoms with Crippen LogP contribution in [0, 0.1) is 5.82 Å². The van der Waals surface area contributed by atoms with Crippen molar-refractivity contribution in [3.05, 3.63) is 41.8 Å². The first-order chi connectivity index (χ1) is 8.90. The fourth-order valence-electron chi connectivity index (χ4n) is 1.66. The number of nitrogens with zero attached hydrogens (tertiary/aromatic N) is 2. The number of nitrogen functional groups attached to an aromatic ring is 1. The Morgan fingerprint density at radius 3 is 2.47 bits per heavy atom. The van der Waals surface area contributed by atoms with E-state index in [1.165, 1.54) is 12.1 Å². The first-order valence-electron chi connectivity index (χ1n) is 6.02. The van der Waals surface area contributed by atoms with Gasteiger partial charge in [0.15, 0.2) is 5.82 Å². The summed E-state index contributed by atoms with van der Waals surface area (Å²) >= 11 is 0. The maximum absolute atomic E-state index is 13.3. The lowest BCUT2D eigenvalue weighted by Gasteiger charge is -2.19. The fraction of sp³-hybridized carbons (Fsp3) is 0.286. The molecule has 0 spiro atoms. The summed E-state index contributed by atoms with van der Waals surface area (Å²) in [5, 5.41) is 0. The number of hydrogen-bond acceptors (Lipinski definition) is 4. The van der Waals surface area contributed by atoms with Gasteiger partial charge < -0.3 is 5.43 Å². The summed E-state index contributed by atoms with van der Waals surface area (Å²) < 4.78 is 13.3. The summed E-state index contributed by atoms with van der Waals surface area (Å²) in [7, 11) is 0. The molecular weight excluding hydrogens is 243 g/mol. The van der Waals surface area contributed by atoms with E-state index in [-0.39, 0.29) is 11.2 Å². The van der Waals surface area contributed by atoms with E-state index in [2.05, 4.69) is 15.4 Å². The molecule has 0 radical (unpaired) electrons. The molecule has 2 aromatic rings. The van der Waals surface area contributed by atoms with E-state index in [0.717, 1.165) is 5.69 Å². The zero-order chi connectivity index (χ0) is 14.0. The second-order valence-electron chi connectivity index (χ2n) is 5.37. The number of halogens is 1. The highest BCUT2D eigenvalue weighted by atomic mass is 19.1. The van der Waals surface area contributed by atoms with Gasteiger partial charge in [-0.1, -0.05) is 32.9 Å². The number of aromatic nitrogens is 2. The van der Waals surface area contributed by atoms with Crippen molar-refractivity contribution >= 4 is 5.82 Å². The van der Waals surface area contributed by atoms with Crippen molar-refractivity contribution in [2.24, 2.45) is 5.84 Å². The number of nitrogens with two attached hydrogens (primary N) is 1. The fourth-order valence-corrected chi connectivity index (χ4v) is 1.66. The second kappa shape index (κ2) is 4.93. The molecular formula is C14H17FN4. The highest BCUT2D eigenvalue weighted by Gasteiger charge is 2.18. The van der Waals surface area contributed by atoms with Gasteiger partial charge in [0.1, 0.15) is 11.6 Å². The Bertz CT molecular complexity index is 590. The van der Waals surface area contributed by atoms with Gasteiger partial charge in [0.25, 0.3) is 0 Å². The van der Waals surface area contributed by atoms with Crippen molar-refractivity contribution in [3.63, 3.8) is 0 Å². The van der Waals surface area contributed by atoms with Crippen molar-refractivity contribution in [2.45, 2.75) is 26.2 Å². The van der Waals surface area contributed by atoms with Gasteiger partial charge >= 0.3 is 0 Å². The largest absolute Gasteiger partial charge is 0.308 e. The smallest absolute Gasteiger partial charge is 0.161 e. The molecule has 0 aliphatic heterocycles. The normalized spacial score (nSPS) is 11.4. The third-order valence-corrected chi connectivity index (χ3v) is 2.73. The Kier molecular flexibility index (Phi) is 3.48. The van der Waals surface area contributed by atoms with Crippen LogP contribution in [0.5, 0.6) is 0 Å². The quantitative estimate of drug-likeness (QED) is 0.643. The third kappa shape index (κ3) is 3.06. The van der Waals surface area contributed by atoms with E-state index in [9.17, 15) is 4.39 Å². The Balaban J connectivity index is 2.57. The van der Waals surface area contributed by atoms with Crippen LogP contribution in [0.4, 0.5) is 10.2 Å². The SMILES string of the molecule is CC(C)(C)c1cc(NN)nc(-c2cccc(F)c2)n1. The predicted octanol–water partition coefficient (Wildman–Crippen LogP) is 2.87. The molecule has 100 valence electrons. The van der Waals surface area contributed by atoms with Gasteiger partial charge in [-0.15, -0.1) is 0 Å². The van der Waals surface area contributed by atoms with Crippen molar-refractivity contribution in [1.29, 1.82) is 0 Å². The van der Waals surface area contributed by atoms with Crippen LogP contribution in [-0.4, -0.2) is 9.97 Å². The van der Waals surface area contributed by atoms with Crippen molar-refractivity contribution < 1.29 is 4.39 Å². The lowest BCUT2D eigenvalue weighted by Crippen LogP contribution is -2.17. The zero-order valence-corrected chi connectivity index (χ0v) is 11.2. The van der Waals surface area contributed by atoms with Gasteiger partial charge in [0.05, 0.1) is 5.69 Å². The first kappa shape index (κ1) is 13.4. The van der Waals surface area contributed by atoms with E-state index in [4.69, 9.17) is 5.84 Å². The summed E-state index contributed by atoms with van der Waals surface area (Å²) in [6.45, 7) is 6.14. The Morgan fingerprint density at radius 2 is 1.89 bits per heavy atom. The standard InChI is InChI=1S/C14H17FN4/c1-14(2,3)11-8-12(19-16)18-13(17-11)9-5-4-6-10(15)7-9/h4-8H,16H2,1-3H3,(H,17,18,19). The zero-order valence-electron chi connectivity index (χ0n) is 11.2. The van der Waals surface area contributed by atoms with Crippen LogP contribution >= 0.6 is 0 Å². The van der Waals surface area contributed by atoms with Gasteiger partial charge in [-0.3, -0.25) is 0 Å².